The van der Waals surface area contributed by atoms with Gasteiger partial charge in [0, 0.05) is 0 Å². The fraction of sp³-hybridized carbons (Fsp3) is 0.240. The second kappa shape index (κ2) is 8.41. The SMILES string of the molecule is CC(C)(C)c1ccc(C(=O)O[C@H](c2ccccc2)[C@@H](O)c2ccccc2)cc1. The Balaban J connectivity index is 1.86. The maximum atomic E-state index is 12.8. The minimum atomic E-state index is -0.957. The fourth-order valence-corrected chi connectivity index (χ4v) is 3.07. The van der Waals surface area contributed by atoms with Gasteiger partial charge in [0.1, 0.15) is 6.10 Å². The number of carbonyl (C=O) groups excluding carboxylic acids is 1. The van der Waals surface area contributed by atoms with Gasteiger partial charge in [-0.05, 0) is 34.2 Å². The van der Waals surface area contributed by atoms with Gasteiger partial charge in [-0.2, -0.15) is 0 Å². The van der Waals surface area contributed by atoms with E-state index in [-0.39, 0.29) is 5.41 Å². The molecule has 0 unspecified atom stereocenters. The Hall–Kier alpha value is -2.91. The molecule has 1 N–H and O–H groups in total. The summed E-state index contributed by atoms with van der Waals surface area (Å²) in [5, 5.41) is 10.9. The Morgan fingerprint density at radius 1 is 0.786 bits per heavy atom. The van der Waals surface area contributed by atoms with Crippen molar-refractivity contribution in [3.63, 3.8) is 0 Å². The van der Waals surface area contributed by atoms with E-state index in [4.69, 9.17) is 4.74 Å². The Morgan fingerprint density at radius 2 is 1.29 bits per heavy atom. The molecule has 3 aromatic carbocycles. The number of esters is 1. The minimum Gasteiger partial charge on any atom is -0.451 e. The van der Waals surface area contributed by atoms with Crippen LogP contribution in [0.1, 0.15) is 60.0 Å². The number of benzene rings is 3. The van der Waals surface area contributed by atoms with Crippen molar-refractivity contribution in [2.75, 3.05) is 0 Å². The first-order chi connectivity index (χ1) is 13.4. The van der Waals surface area contributed by atoms with Crippen LogP contribution in [-0.2, 0) is 10.2 Å². The van der Waals surface area contributed by atoms with E-state index in [2.05, 4.69) is 20.8 Å². The lowest BCUT2D eigenvalue weighted by Gasteiger charge is -2.24. The molecule has 3 heteroatoms. The van der Waals surface area contributed by atoms with E-state index in [0.29, 0.717) is 11.1 Å². The molecular weight excluding hydrogens is 348 g/mol. The van der Waals surface area contributed by atoms with Gasteiger partial charge in [0.05, 0.1) is 5.56 Å². The van der Waals surface area contributed by atoms with E-state index in [1.165, 1.54) is 0 Å². The van der Waals surface area contributed by atoms with Crippen LogP contribution < -0.4 is 0 Å². The molecular formula is C25H26O3. The molecule has 3 nitrogen and oxygen atoms in total. The van der Waals surface area contributed by atoms with Gasteiger partial charge in [-0.15, -0.1) is 0 Å². The molecule has 2 atom stereocenters. The average Bonchev–Trinajstić information content (AvgIpc) is 2.72. The van der Waals surface area contributed by atoms with Crippen LogP contribution in [0.25, 0.3) is 0 Å². The maximum Gasteiger partial charge on any atom is 0.338 e. The molecule has 0 heterocycles. The Bertz CT molecular complexity index is 894. The van der Waals surface area contributed by atoms with Crippen LogP contribution in [0.5, 0.6) is 0 Å². The predicted molar refractivity (Wildman–Crippen MR) is 111 cm³/mol. The number of rotatable bonds is 5. The molecule has 0 aliphatic carbocycles. The second-order valence-corrected chi connectivity index (χ2v) is 7.92. The van der Waals surface area contributed by atoms with Crippen molar-refractivity contribution in [1.82, 2.24) is 0 Å². The summed E-state index contributed by atoms with van der Waals surface area (Å²) in [5.74, 6) is -0.454. The summed E-state index contributed by atoms with van der Waals surface area (Å²) in [5.41, 5.74) is 3.08. The molecule has 0 fully saturated rings. The van der Waals surface area contributed by atoms with Gasteiger partial charge in [-0.25, -0.2) is 4.79 Å². The zero-order valence-electron chi connectivity index (χ0n) is 16.5. The van der Waals surface area contributed by atoms with Crippen molar-refractivity contribution >= 4 is 5.97 Å². The predicted octanol–water partition coefficient (Wildman–Crippen LogP) is 5.62. The van der Waals surface area contributed by atoms with Crippen molar-refractivity contribution in [3.8, 4) is 0 Å². The molecule has 0 saturated heterocycles. The standard InChI is InChI=1S/C25H26O3/c1-25(2,3)21-16-14-20(15-17-21)24(27)28-23(19-12-8-5-9-13-19)22(26)18-10-6-4-7-11-18/h4-17,22-23,26H,1-3H3/t22-,23+/m0/s1. The molecule has 0 aromatic heterocycles. The first kappa shape index (κ1) is 19.8. The van der Waals surface area contributed by atoms with Gasteiger partial charge in [0.2, 0.25) is 0 Å². The average molecular weight is 374 g/mol. The molecule has 3 rings (SSSR count). The number of ether oxygens (including phenoxy) is 1. The summed E-state index contributed by atoms with van der Waals surface area (Å²) in [6.07, 6.45) is -1.75. The number of aliphatic hydroxyl groups excluding tert-OH is 1. The van der Waals surface area contributed by atoms with Crippen molar-refractivity contribution < 1.29 is 14.6 Å². The topological polar surface area (TPSA) is 46.5 Å². The van der Waals surface area contributed by atoms with Gasteiger partial charge in [-0.3, -0.25) is 0 Å². The summed E-state index contributed by atoms with van der Waals surface area (Å²) in [6.45, 7) is 6.38. The van der Waals surface area contributed by atoms with Crippen LogP contribution in [0.2, 0.25) is 0 Å². The summed E-state index contributed by atoms with van der Waals surface area (Å²) in [6, 6.07) is 26.0. The molecule has 0 spiro atoms. The highest BCUT2D eigenvalue weighted by Crippen LogP contribution is 2.33. The van der Waals surface area contributed by atoms with Crippen molar-refractivity contribution in [1.29, 1.82) is 0 Å². The number of hydrogen-bond donors (Lipinski definition) is 1. The van der Waals surface area contributed by atoms with Gasteiger partial charge in [0.15, 0.2) is 6.10 Å². The monoisotopic (exact) mass is 374 g/mol. The normalized spacial score (nSPS) is 13.6. The third kappa shape index (κ3) is 4.68. The van der Waals surface area contributed by atoms with Crippen LogP contribution in [0.4, 0.5) is 0 Å². The van der Waals surface area contributed by atoms with Crippen LogP contribution in [0.3, 0.4) is 0 Å². The Labute approximate surface area is 166 Å². The van der Waals surface area contributed by atoms with E-state index in [0.717, 1.165) is 11.1 Å². The van der Waals surface area contributed by atoms with Gasteiger partial charge in [0.25, 0.3) is 0 Å². The second-order valence-electron chi connectivity index (χ2n) is 7.92. The van der Waals surface area contributed by atoms with E-state index in [1.54, 1.807) is 12.1 Å². The Kier molecular flexibility index (Phi) is 5.96. The molecule has 0 radical (unpaired) electrons. The summed E-state index contributed by atoms with van der Waals surface area (Å²) >= 11 is 0. The Morgan fingerprint density at radius 3 is 1.79 bits per heavy atom. The first-order valence-corrected chi connectivity index (χ1v) is 9.46. The third-order valence-electron chi connectivity index (χ3n) is 4.78. The van der Waals surface area contributed by atoms with Gasteiger partial charge < -0.3 is 9.84 Å². The zero-order chi connectivity index (χ0) is 20.1. The van der Waals surface area contributed by atoms with Gasteiger partial charge in [-0.1, -0.05) is 93.6 Å². The van der Waals surface area contributed by atoms with Crippen molar-refractivity contribution in [3.05, 3.63) is 107 Å². The lowest BCUT2D eigenvalue weighted by molar-refractivity contribution is -0.0209. The van der Waals surface area contributed by atoms with Crippen LogP contribution >= 0.6 is 0 Å². The lowest BCUT2D eigenvalue weighted by atomic mass is 9.87. The quantitative estimate of drug-likeness (QED) is 0.590. The van der Waals surface area contributed by atoms with Gasteiger partial charge >= 0.3 is 5.97 Å². The molecule has 3 aromatic rings. The zero-order valence-corrected chi connectivity index (χ0v) is 16.5. The highest BCUT2D eigenvalue weighted by atomic mass is 16.6. The van der Waals surface area contributed by atoms with Crippen LogP contribution in [0, 0.1) is 0 Å². The summed E-state index contributed by atoms with van der Waals surface area (Å²) in [7, 11) is 0. The van der Waals surface area contributed by atoms with E-state index in [1.807, 2.05) is 72.8 Å². The van der Waals surface area contributed by atoms with Crippen LogP contribution in [-0.4, -0.2) is 11.1 Å². The number of carbonyl (C=O) groups is 1. The molecule has 0 aliphatic rings. The van der Waals surface area contributed by atoms with Crippen molar-refractivity contribution in [2.24, 2.45) is 0 Å². The fourth-order valence-electron chi connectivity index (χ4n) is 3.07. The summed E-state index contributed by atoms with van der Waals surface area (Å²) in [4.78, 5) is 12.8. The summed E-state index contributed by atoms with van der Waals surface area (Å²) < 4.78 is 5.78. The van der Waals surface area contributed by atoms with E-state index >= 15 is 0 Å². The first-order valence-electron chi connectivity index (χ1n) is 9.46. The molecule has 144 valence electrons. The highest BCUT2D eigenvalue weighted by molar-refractivity contribution is 5.89. The van der Waals surface area contributed by atoms with Crippen LogP contribution in [0.15, 0.2) is 84.9 Å². The smallest absolute Gasteiger partial charge is 0.338 e. The van der Waals surface area contributed by atoms with Crippen molar-refractivity contribution in [2.45, 2.75) is 38.4 Å². The van der Waals surface area contributed by atoms with E-state index in [9.17, 15) is 9.90 Å². The largest absolute Gasteiger partial charge is 0.451 e. The highest BCUT2D eigenvalue weighted by Gasteiger charge is 2.27. The number of hydrogen-bond acceptors (Lipinski definition) is 3. The molecule has 0 amide bonds. The lowest BCUT2D eigenvalue weighted by Crippen LogP contribution is -2.19. The van der Waals surface area contributed by atoms with E-state index < -0.39 is 18.2 Å². The molecule has 0 saturated carbocycles. The molecule has 0 aliphatic heterocycles. The third-order valence-corrected chi connectivity index (χ3v) is 4.78. The number of aliphatic hydroxyl groups is 1. The minimum absolute atomic E-state index is 0.0124. The molecule has 28 heavy (non-hydrogen) atoms. The molecule has 0 bridgehead atoms. The maximum absolute atomic E-state index is 12.8.